The van der Waals surface area contributed by atoms with Crippen molar-refractivity contribution in [2.24, 2.45) is 4.99 Å². The summed E-state index contributed by atoms with van der Waals surface area (Å²) in [6.07, 6.45) is 2.79. The predicted octanol–water partition coefficient (Wildman–Crippen LogP) is -0.160. The zero-order valence-electron chi connectivity index (χ0n) is 9.47. The van der Waals surface area contributed by atoms with Gasteiger partial charge < -0.3 is 16.0 Å². The Bertz CT molecular complexity index is 240. The highest BCUT2D eigenvalue weighted by Crippen LogP contribution is 2.01. The second kappa shape index (κ2) is 6.27. The summed E-state index contributed by atoms with van der Waals surface area (Å²) < 4.78 is 0. The Morgan fingerprint density at radius 3 is 3.13 bits per heavy atom. The predicted molar refractivity (Wildman–Crippen MR) is 60.8 cm³/mol. The Hall–Kier alpha value is -1.26. The number of carbonyl (C=O) groups excluding carboxylic acids is 1. The van der Waals surface area contributed by atoms with Crippen molar-refractivity contribution in [1.29, 1.82) is 0 Å². The third kappa shape index (κ3) is 4.18. The molecule has 0 aliphatic carbocycles. The second-order valence-electron chi connectivity index (χ2n) is 3.67. The molecule has 1 rings (SSSR count). The highest BCUT2D eigenvalue weighted by Gasteiger charge is 2.15. The van der Waals surface area contributed by atoms with Crippen LogP contribution in [0.4, 0.5) is 0 Å². The molecule has 0 bridgehead atoms. The van der Waals surface area contributed by atoms with Crippen LogP contribution < -0.4 is 16.0 Å². The van der Waals surface area contributed by atoms with E-state index in [1.165, 1.54) is 6.42 Å². The summed E-state index contributed by atoms with van der Waals surface area (Å²) >= 11 is 0. The molecule has 5 nitrogen and oxygen atoms in total. The smallest absolute Gasteiger partial charge is 0.221 e. The Balaban J connectivity index is 2.11. The maximum Gasteiger partial charge on any atom is 0.221 e. The fourth-order valence-electron chi connectivity index (χ4n) is 1.52. The number of nitrogens with zero attached hydrogens (tertiary/aromatic N) is 1. The van der Waals surface area contributed by atoms with Crippen molar-refractivity contribution in [3.63, 3.8) is 0 Å². The summed E-state index contributed by atoms with van der Waals surface area (Å²) in [5.74, 6) is 0.878. The number of hydrogen-bond acceptors (Lipinski definition) is 4. The molecule has 0 aromatic rings. The van der Waals surface area contributed by atoms with Crippen LogP contribution in [0.15, 0.2) is 4.99 Å². The number of guanidine groups is 1. The van der Waals surface area contributed by atoms with E-state index in [4.69, 9.17) is 0 Å². The Labute approximate surface area is 90.7 Å². The molecule has 1 heterocycles. The molecule has 1 aliphatic heterocycles. The van der Waals surface area contributed by atoms with Gasteiger partial charge in [-0.15, -0.1) is 0 Å². The average Bonchev–Trinajstić information content (AvgIpc) is 2.66. The van der Waals surface area contributed by atoms with Crippen LogP contribution in [0.2, 0.25) is 0 Å². The van der Waals surface area contributed by atoms with Crippen molar-refractivity contribution >= 4 is 11.9 Å². The van der Waals surface area contributed by atoms with Crippen molar-refractivity contribution in [3.05, 3.63) is 0 Å². The first-order valence-corrected chi connectivity index (χ1v) is 5.51. The average molecular weight is 212 g/mol. The maximum absolute atomic E-state index is 10.9. The van der Waals surface area contributed by atoms with E-state index in [1.54, 1.807) is 7.05 Å². The van der Waals surface area contributed by atoms with E-state index < -0.39 is 0 Å². The minimum atomic E-state index is 0.0474. The van der Waals surface area contributed by atoms with Crippen molar-refractivity contribution in [2.75, 3.05) is 20.1 Å². The molecule has 3 N–H and O–H groups in total. The maximum atomic E-state index is 10.9. The molecule has 0 radical (unpaired) electrons. The molecular weight excluding hydrogens is 192 g/mol. The van der Waals surface area contributed by atoms with E-state index in [0.29, 0.717) is 19.0 Å². The van der Waals surface area contributed by atoms with Crippen molar-refractivity contribution < 1.29 is 4.79 Å². The van der Waals surface area contributed by atoms with Gasteiger partial charge in [-0.1, -0.05) is 13.3 Å². The van der Waals surface area contributed by atoms with Gasteiger partial charge in [0.05, 0.1) is 6.54 Å². The molecule has 15 heavy (non-hydrogen) atoms. The molecule has 1 amide bonds. The molecule has 1 unspecified atom stereocenters. The van der Waals surface area contributed by atoms with Gasteiger partial charge in [-0.3, -0.25) is 9.79 Å². The van der Waals surface area contributed by atoms with Gasteiger partial charge in [0.1, 0.15) is 0 Å². The van der Waals surface area contributed by atoms with Gasteiger partial charge in [-0.2, -0.15) is 0 Å². The van der Waals surface area contributed by atoms with Gasteiger partial charge in [0.2, 0.25) is 5.91 Å². The largest absolute Gasteiger partial charge is 0.359 e. The van der Waals surface area contributed by atoms with Crippen LogP contribution in [-0.2, 0) is 4.79 Å². The van der Waals surface area contributed by atoms with Crippen LogP contribution in [0.1, 0.15) is 26.2 Å². The van der Waals surface area contributed by atoms with Crippen molar-refractivity contribution in [1.82, 2.24) is 16.0 Å². The molecule has 0 aromatic carbocycles. The molecular formula is C10H20N4O. The third-order valence-corrected chi connectivity index (χ3v) is 2.37. The van der Waals surface area contributed by atoms with E-state index in [0.717, 1.165) is 18.9 Å². The summed E-state index contributed by atoms with van der Waals surface area (Å²) in [4.78, 5) is 15.3. The minimum absolute atomic E-state index is 0.0474. The van der Waals surface area contributed by atoms with Crippen LogP contribution in [0.3, 0.4) is 0 Å². The summed E-state index contributed by atoms with van der Waals surface area (Å²) in [6.45, 7) is 3.64. The molecule has 0 aromatic heterocycles. The standard InChI is InChI=1S/C10H20N4O/c1-3-4-8-7-13-10(14-8)12-6-5-9(15)11-2/h8H,3-7H2,1-2H3,(H,11,15)(H2,12,13,14). The Morgan fingerprint density at radius 1 is 1.67 bits per heavy atom. The summed E-state index contributed by atoms with van der Waals surface area (Å²) in [7, 11) is 1.64. The molecule has 5 heteroatoms. The summed E-state index contributed by atoms with van der Waals surface area (Å²) in [6, 6.07) is 0.470. The van der Waals surface area contributed by atoms with Gasteiger partial charge in [-0.05, 0) is 6.42 Å². The van der Waals surface area contributed by atoms with Crippen LogP contribution >= 0.6 is 0 Å². The first-order valence-electron chi connectivity index (χ1n) is 5.51. The van der Waals surface area contributed by atoms with Crippen LogP contribution in [-0.4, -0.2) is 38.0 Å². The molecule has 0 fully saturated rings. The first kappa shape index (κ1) is 11.8. The lowest BCUT2D eigenvalue weighted by molar-refractivity contribution is -0.120. The van der Waals surface area contributed by atoms with Crippen LogP contribution in [0.5, 0.6) is 0 Å². The molecule has 1 atom stereocenters. The first-order chi connectivity index (χ1) is 7.26. The number of nitrogens with one attached hydrogen (secondary N) is 3. The lowest BCUT2D eigenvalue weighted by Crippen LogP contribution is -2.40. The minimum Gasteiger partial charge on any atom is -0.359 e. The SMILES string of the molecule is CCCC1CN=C(NCCC(=O)NC)N1. The summed E-state index contributed by atoms with van der Waals surface area (Å²) in [5.41, 5.74) is 0. The molecule has 86 valence electrons. The highest BCUT2D eigenvalue weighted by atomic mass is 16.1. The highest BCUT2D eigenvalue weighted by molar-refractivity contribution is 5.82. The molecule has 1 aliphatic rings. The second-order valence-corrected chi connectivity index (χ2v) is 3.67. The van der Waals surface area contributed by atoms with Crippen molar-refractivity contribution in [3.8, 4) is 0 Å². The van der Waals surface area contributed by atoms with E-state index in [-0.39, 0.29) is 5.91 Å². The fraction of sp³-hybridized carbons (Fsp3) is 0.800. The lowest BCUT2D eigenvalue weighted by atomic mass is 10.2. The molecule has 0 saturated carbocycles. The lowest BCUT2D eigenvalue weighted by Gasteiger charge is -2.11. The quantitative estimate of drug-likeness (QED) is 0.593. The van der Waals surface area contributed by atoms with E-state index in [2.05, 4.69) is 27.9 Å². The van der Waals surface area contributed by atoms with Gasteiger partial charge >= 0.3 is 0 Å². The molecule has 0 saturated heterocycles. The van der Waals surface area contributed by atoms with Gasteiger partial charge in [-0.25, -0.2) is 0 Å². The zero-order chi connectivity index (χ0) is 11.1. The monoisotopic (exact) mass is 212 g/mol. The van der Waals surface area contributed by atoms with Gasteiger partial charge in [0.25, 0.3) is 0 Å². The topological polar surface area (TPSA) is 65.5 Å². The Kier molecular flexibility index (Phi) is 4.93. The Morgan fingerprint density at radius 2 is 2.47 bits per heavy atom. The number of aliphatic imine (C=N–C) groups is 1. The van der Waals surface area contributed by atoms with Crippen LogP contribution in [0.25, 0.3) is 0 Å². The van der Waals surface area contributed by atoms with Crippen molar-refractivity contribution in [2.45, 2.75) is 32.2 Å². The normalized spacial score (nSPS) is 19.3. The van der Waals surface area contributed by atoms with E-state index >= 15 is 0 Å². The number of carbonyl (C=O) groups is 1. The fourth-order valence-corrected chi connectivity index (χ4v) is 1.52. The van der Waals surface area contributed by atoms with Gasteiger partial charge in [0.15, 0.2) is 5.96 Å². The third-order valence-electron chi connectivity index (χ3n) is 2.37. The van der Waals surface area contributed by atoms with Gasteiger partial charge in [0, 0.05) is 26.1 Å². The van der Waals surface area contributed by atoms with E-state index in [9.17, 15) is 4.79 Å². The summed E-state index contributed by atoms with van der Waals surface area (Å²) in [5, 5.41) is 8.98. The molecule has 0 spiro atoms. The number of amides is 1. The number of rotatable bonds is 5. The van der Waals surface area contributed by atoms with E-state index in [1.807, 2.05) is 0 Å². The van der Waals surface area contributed by atoms with Crippen LogP contribution in [0, 0.1) is 0 Å². The zero-order valence-corrected chi connectivity index (χ0v) is 9.47. The number of hydrogen-bond donors (Lipinski definition) is 3.